The molecular weight excluding hydrogens is 420 g/mol. The summed E-state index contributed by atoms with van der Waals surface area (Å²) in [6.45, 7) is 9.91. The highest BCUT2D eigenvalue weighted by Crippen LogP contribution is 2.42. The first-order valence-corrected chi connectivity index (χ1v) is 13.6. The summed E-state index contributed by atoms with van der Waals surface area (Å²) in [5.74, 6) is 2.32. The molecule has 5 rings (SSSR count). The number of piperazine rings is 1. The van der Waals surface area contributed by atoms with Gasteiger partial charge in [0, 0.05) is 69.5 Å². The molecule has 6 heteroatoms. The van der Waals surface area contributed by atoms with Gasteiger partial charge in [0.2, 0.25) is 5.95 Å². The van der Waals surface area contributed by atoms with Crippen LogP contribution in [0.4, 0.5) is 11.8 Å². The van der Waals surface area contributed by atoms with Gasteiger partial charge >= 0.3 is 0 Å². The summed E-state index contributed by atoms with van der Waals surface area (Å²) < 4.78 is 0. The molecule has 1 aliphatic carbocycles. The molecule has 1 atom stereocenters. The molecule has 34 heavy (non-hydrogen) atoms. The standard InChI is InChI=1S/C28H42N6/c1-3-4-14-29-28-30-19-25-26(21-34(27(25)31-28)24-8-6-5-7-9-24)23-12-10-22(11-13-23)20-33-17-15-32(2)16-18-33/h10-13,19,24,26H,3-9,14-18,20-21H2,1-2H3,(H,29,30,31). The van der Waals surface area contributed by atoms with E-state index in [-0.39, 0.29) is 0 Å². The second kappa shape index (κ2) is 11.0. The maximum atomic E-state index is 5.05. The Balaban J connectivity index is 1.33. The molecule has 1 saturated heterocycles. The fourth-order valence-corrected chi connectivity index (χ4v) is 5.82. The molecule has 2 aliphatic heterocycles. The summed E-state index contributed by atoms with van der Waals surface area (Å²) in [6.07, 6.45) is 11.1. The zero-order valence-electron chi connectivity index (χ0n) is 21.2. The highest BCUT2D eigenvalue weighted by atomic mass is 15.3. The van der Waals surface area contributed by atoms with Crippen LogP contribution in [-0.2, 0) is 6.54 Å². The molecule has 184 valence electrons. The summed E-state index contributed by atoms with van der Waals surface area (Å²) in [6, 6.07) is 10.0. The average molecular weight is 463 g/mol. The highest BCUT2D eigenvalue weighted by Gasteiger charge is 2.36. The van der Waals surface area contributed by atoms with E-state index in [1.165, 1.54) is 74.1 Å². The van der Waals surface area contributed by atoms with Crippen molar-refractivity contribution in [3.05, 3.63) is 47.2 Å². The minimum absolute atomic E-state index is 0.360. The van der Waals surface area contributed by atoms with Crippen molar-refractivity contribution in [3.8, 4) is 0 Å². The Morgan fingerprint density at radius 3 is 2.50 bits per heavy atom. The molecule has 3 aliphatic rings. The molecule has 1 aromatic heterocycles. The first-order valence-electron chi connectivity index (χ1n) is 13.6. The van der Waals surface area contributed by atoms with Crippen molar-refractivity contribution in [2.75, 3.05) is 56.5 Å². The molecule has 0 spiro atoms. The van der Waals surface area contributed by atoms with E-state index in [2.05, 4.69) is 64.5 Å². The van der Waals surface area contributed by atoms with Gasteiger partial charge in [-0.25, -0.2) is 4.98 Å². The van der Waals surface area contributed by atoms with Gasteiger partial charge in [0.05, 0.1) is 0 Å². The van der Waals surface area contributed by atoms with Gasteiger partial charge in [0.1, 0.15) is 5.82 Å². The normalized spacial score (nSPS) is 22.2. The lowest BCUT2D eigenvalue weighted by Gasteiger charge is -2.33. The number of hydrogen-bond acceptors (Lipinski definition) is 6. The summed E-state index contributed by atoms with van der Waals surface area (Å²) in [7, 11) is 2.22. The minimum Gasteiger partial charge on any atom is -0.354 e. The van der Waals surface area contributed by atoms with Gasteiger partial charge in [-0.15, -0.1) is 0 Å². The molecule has 1 aromatic carbocycles. The first-order chi connectivity index (χ1) is 16.7. The number of nitrogens with one attached hydrogen (secondary N) is 1. The van der Waals surface area contributed by atoms with Crippen LogP contribution in [0.3, 0.4) is 0 Å². The molecular formula is C28H42N6. The molecule has 2 aromatic rings. The Morgan fingerprint density at radius 2 is 1.76 bits per heavy atom. The second-order valence-corrected chi connectivity index (χ2v) is 10.6. The van der Waals surface area contributed by atoms with Gasteiger partial charge in [-0.3, -0.25) is 4.90 Å². The number of rotatable bonds is 8. The predicted molar refractivity (Wildman–Crippen MR) is 141 cm³/mol. The van der Waals surface area contributed by atoms with Crippen LogP contribution in [0.1, 0.15) is 74.5 Å². The molecule has 1 unspecified atom stereocenters. The zero-order chi connectivity index (χ0) is 23.3. The van der Waals surface area contributed by atoms with E-state index in [9.17, 15) is 0 Å². The Bertz CT molecular complexity index is 915. The van der Waals surface area contributed by atoms with Crippen LogP contribution >= 0.6 is 0 Å². The Morgan fingerprint density at radius 1 is 1.00 bits per heavy atom. The maximum Gasteiger partial charge on any atom is 0.224 e. The quantitative estimate of drug-likeness (QED) is 0.573. The van der Waals surface area contributed by atoms with Crippen LogP contribution < -0.4 is 10.2 Å². The average Bonchev–Trinajstić information content (AvgIpc) is 3.25. The summed E-state index contributed by atoms with van der Waals surface area (Å²) in [5.41, 5.74) is 4.12. The van der Waals surface area contributed by atoms with E-state index in [1.54, 1.807) is 0 Å². The number of unbranched alkanes of at least 4 members (excludes halogenated alkanes) is 1. The van der Waals surface area contributed by atoms with Crippen molar-refractivity contribution < 1.29 is 0 Å². The van der Waals surface area contributed by atoms with Crippen LogP contribution in [0.15, 0.2) is 30.5 Å². The number of nitrogens with zero attached hydrogens (tertiary/aromatic N) is 5. The fourth-order valence-electron chi connectivity index (χ4n) is 5.82. The largest absolute Gasteiger partial charge is 0.354 e. The molecule has 3 heterocycles. The molecule has 0 bridgehead atoms. The van der Waals surface area contributed by atoms with E-state index >= 15 is 0 Å². The van der Waals surface area contributed by atoms with Gasteiger partial charge in [-0.2, -0.15) is 4.98 Å². The third kappa shape index (κ3) is 5.38. The zero-order valence-corrected chi connectivity index (χ0v) is 21.2. The molecule has 0 amide bonds. The van der Waals surface area contributed by atoms with Gasteiger partial charge in [-0.05, 0) is 37.4 Å². The smallest absolute Gasteiger partial charge is 0.224 e. The van der Waals surface area contributed by atoms with Gasteiger partial charge < -0.3 is 15.1 Å². The van der Waals surface area contributed by atoms with Crippen molar-refractivity contribution in [3.63, 3.8) is 0 Å². The maximum absolute atomic E-state index is 5.05. The lowest BCUT2D eigenvalue weighted by Crippen LogP contribution is -2.43. The van der Waals surface area contributed by atoms with Gasteiger partial charge in [-0.1, -0.05) is 56.9 Å². The lowest BCUT2D eigenvalue weighted by atomic mass is 9.93. The molecule has 2 fully saturated rings. The van der Waals surface area contributed by atoms with Crippen molar-refractivity contribution in [1.82, 2.24) is 19.8 Å². The lowest BCUT2D eigenvalue weighted by molar-refractivity contribution is 0.148. The van der Waals surface area contributed by atoms with Crippen LogP contribution in [0.5, 0.6) is 0 Å². The van der Waals surface area contributed by atoms with E-state index < -0.39 is 0 Å². The molecule has 1 N–H and O–H groups in total. The van der Waals surface area contributed by atoms with E-state index in [0.29, 0.717) is 12.0 Å². The van der Waals surface area contributed by atoms with Gasteiger partial charge in [0.25, 0.3) is 0 Å². The van der Waals surface area contributed by atoms with E-state index in [0.717, 1.165) is 45.1 Å². The van der Waals surface area contributed by atoms with Crippen LogP contribution in [0.25, 0.3) is 0 Å². The number of fused-ring (bicyclic) bond motifs is 1. The molecule has 6 nitrogen and oxygen atoms in total. The number of hydrogen-bond donors (Lipinski definition) is 1. The van der Waals surface area contributed by atoms with E-state index in [1.807, 2.05) is 0 Å². The van der Waals surface area contributed by atoms with Crippen molar-refractivity contribution in [1.29, 1.82) is 0 Å². The number of benzene rings is 1. The van der Waals surface area contributed by atoms with Crippen molar-refractivity contribution in [2.24, 2.45) is 0 Å². The Hall–Kier alpha value is -2.18. The molecule has 0 radical (unpaired) electrons. The monoisotopic (exact) mass is 462 g/mol. The van der Waals surface area contributed by atoms with E-state index in [4.69, 9.17) is 9.97 Å². The summed E-state index contributed by atoms with van der Waals surface area (Å²) in [5, 5.41) is 3.45. The van der Waals surface area contributed by atoms with Crippen LogP contribution in [0, 0.1) is 0 Å². The summed E-state index contributed by atoms with van der Waals surface area (Å²) in [4.78, 5) is 17.4. The van der Waals surface area contributed by atoms with Crippen molar-refractivity contribution in [2.45, 2.75) is 70.4 Å². The van der Waals surface area contributed by atoms with Gasteiger partial charge in [0.15, 0.2) is 0 Å². The SMILES string of the molecule is CCCCNc1ncc2c(n1)N(C1CCCCC1)CC2c1ccc(CN2CCN(C)CC2)cc1. The third-order valence-electron chi connectivity index (χ3n) is 8.04. The number of anilines is 2. The van der Waals surface area contributed by atoms with Crippen LogP contribution in [0.2, 0.25) is 0 Å². The van der Waals surface area contributed by atoms with Crippen molar-refractivity contribution >= 4 is 11.8 Å². The second-order valence-electron chi connectivity index (χ2n) is 10.6. The summed E-state index contributed by atoms with van der Waals surface area (Å²) >= 11 is 0. The highest BCUT2D eigenvalue weighted by molar-refractivity contribution is 5.60. The predicted octanol–water partition coefficient (Wildman–Crippen LogP) is 4.72. The molecule has 1 saturated carbocycles. The number of likely N-dealkylation sites (N-methyl/N-ethyl adjacent to an activating group) is 1. The Kier molecular flexibility index (Phi) is 7.65. The van der Waals surface area contributed by atoms with Crippen LogP contribution in [-0.4, -0.2) is 72.1 Å². The number of aromatic nitrogens is 2. The topological polar surface area (TPSA) is 47.5 Å². The Labute approximate surface area is 205 Å². The first kappa shape index (κ1) is 23.6. The third-order valence-corrected chi connectivity index (χ3v) is 8.04. The minimum atomic E-state index is 0.360. The fraction of sp³-hybridized carbons (Fsp3) is 0.643.